The second-order valence-electron chi connectivity index (χ2n) is 8.49. The number of ether oxygens (including phenoxy) is 1. The molecule has 6 rings (SSSR count). The Labute approximate surface area is 151 Å². The predicted molar refractivity (Wildman–Crippen MR) is 97.0 cm³/mol. The largest absolute Gasteiger partial charge is 0.484 e. The maximum atomic E-state index is 12.5. The van der Waals surface area contributed by atoms with Gasteiger partial charge in [0.2, 0.25) is 0 Å². The minimum Gasteiger partial charge on any atom is -0.484 e. The first-order valence-electron chi connectivity index (χ1n) is 9.55. The van der Waals surface area contributed by atoms with Crippen LogP contribution in [0.25, 0.3) is 11.0 Å². The zero-order valence-corrected chi connectivity index (χ0v) is 14.7. The third-order valence-corrected chi connectivity index (χ3v) is 6.41. The molecule has 0 unspecified atom stereocenters. The Kier molecular flexibility index (Phi) is 3.59. The van der Waals surface area contributed by atoms with Gasteiger partial charge in [-0.25, -0.2) is 4.79 Å². The molecule has 5 heteroatoms. The predicted octanol–water partition coefficient (Wildman–Crippen LogP) is 3.26. The van der Waals surface area contributed by atoms with Crippen molar-refractivity contribution in [2.45, 2.75) is 44.1 Å². The molecule has 0 saturated heterocycles. The fourth-order valence-electron chi connectivity index (χ4n) is 5.88. The number of nitrogens with one attached hydrogen (secondary N) is 1. The average molecular weight is 353 g/mol. The Morgan fingerprint density at radius 3 is 2.42 bits per heavy atom. The molecule has 4 aliphatic carbocycles. The second kappa shape index (κ2) is 5.86. The number of hydrogen-bond donors (Lipinski definition) is 1. The number of rotatable bonds is 4. The summed E-state index contributed by atoms with van der Waals surface area (Å²) in [6, 6.07) is 8.38. The van der Waals surface area contributed by atoms with Gasteiger partial charge in [-0.05, 0) is 74.5 Å². The van der Waals surface area contributed by atoms with E-state index in [1.54, 1.807) is 18.2 Å². The van der Waals surface area contributed by atoms with E-state index in [0.29, 0.717) is 11.3 Å². The van der Waals surface area contributed by atoms with Crippen molar-refractivity contribution in [3.8, 4) is 5.75 Å². The summed E-state index contributed by atoms with van der Waals surface area (Å²) in [6.07, 6.45) is 7.46. The molecule has 2 aromatic rings. The Hall–Kier alpha value is -2.30. The van der Waals surface area contributed by atoms with Gasteiger partial charge in [-0.3, -0.25) is 4.79 Å². The summed E-state index contributed by atoms with van der Waals surface area (Å²) in [7, 11) is 0. The molecule has 0 radical (unpaired) electrons. The summed E-state index contributed by atoms with van der Waals surface area (Å²) in [5.41, 5.74) is 0.0801. The molecular weight excluding hydrogens is 330 g/mol. The van der Waals surface area contributed by atoms with Crippen LogP contribution in [0.2, 0.25) is 0 Å². The standard InChI is InChI=1S/C21H23NO4/c23-19(22-21-9-13-5-14(10-21)7-15(6-13)11-21)12-25-17-3-1-16-2-4-20(24)26-18(16)8-17/h1-4,8,13-15H,5-7,9-12H2,(H,22,23). The Balaban J connectivity index is 1.24. The van der Waals surface area contributed by atoms with Crippen LogP contribution in [0, 0.1) is 17.8 Å². The fourth-order valence-corrected chi connectivity index (χ4v) is 5.88. The van der Waals surface area contributed by atoms with Gasteiger partial charge >= 0.3 is 5.63 Å². The lowest BCUT2D eigenvalue weighted by atomic mass is 9.53. The summed E-state index contributed by atoms with van der Waals surface area (Å²) < 4.78 is 10.8. The van der Waals surface area contributed by atoms with Crippen molar-refractivity contribution in [3.63, 3.8) is 0 Å². The van der Waals surface area contributed by atoms with Gasteiger partial charge in [0.25, 0.3) is 5.91 Å². The van der Waals surface area contributed by atoms with Gasteiger partial charge in [0.05, 0.1) is 0 Å². The number of fused-ring (bicyclic) bond motifs is 1. The minimum absolute atomic E-state index is 0.00533. The van der Waals surface area contributed by atoms with E-state index in [1.807, 2.05) is 6.07 Å². The molecule has 1 aromatic carbocycles. The lowest BCUT2D eigenvalue weighted by molar-refractivity contribution is -0.128. The molecule has 136 valence electrons. The third-order valence-electron chi connectivity index (χ3n) is 6.41. The second-order valence-corrected chi connectivity index (χ2v) is 8.49. The fraction of sp³-hybridized carbons (Fsp3) is 0.524. The molecule has 1 amide bonds. The molecule has 1 N–H and O–H groups in total. The molecular formula is C21H23NO4. The van der Waals surface area contributed by atoms with Crippen LogP contribution in [0.4, 0.5) is 0 Å². The summed E-state index contributed by atoms with van der Waals surface area (Å²) in [6.45, 7) is -0.00960. The Morgan fingerprint density at radius 2 is 1.73 bits per heavy atom. The molecule has 4 saturated carbocycles. The van der Waals surface area contributed by atoms with Crippen molar-refractivity contribution in [1.82, 2.24) is 5.32 Å². The average Bonchev–Trinajstić information content (AvgIpc) is 2.58. The number of hydrogen-bond acceptors (Lipinski definition) is 4. The van der Waals surface area contributed by atoms with Crippen molar-refractivity contribution in [2.75, 3.05) is 6.61 Å². The van der Waals surface area contributed by atoms with Gasteiger partial charge in [0.15, 0.2) is 6.61 Å². The van der Waals surface area contributed by atoms with Crippen molar-refractivity contribution in [3.05, 3.63) is 40.8 Å². The number of amides is 1. The molecule has 0 atom stereocenters. The summed E-state index contributed by atoms with van der Waals surface area (Å²) >= 11 is 0. The molecule has 4 fully saturated rings. The van der Waals surface area contributed by atoms with E-state index in [1.165, 1.54) is 25.3 Å². The third kappa shape index (κ3) is 2.89. The zero-order valence-electron chi connectivity index (χ0n) is 14.7. The van der Waals surface area contributed by atoms with Crippen molar-refractivity contribution in [1.29, 1.82) is 0 Å². The minimum atomic E-state index is -0.394. The lowest BCUT2D eigenvalue weighted by Crippen LogP contribution is -2.60. The van der Waals surface area contributed by atoms with Crippen molar-refractivity contribution < 1.29 is 13.9 Å². The highest BCUT2D eigenvalue weighted by Gasteiger charge is 2.51. The number of benzene rings is 1. The molecule has 26 heavy (non-hydrogen) atoms. The maximum Gasteiger partial charge on any atom is 0.336 e. The van der Waals surface area contributed by atoms with E-state index >= 15 is 0 Å². The van der Waals surface area contributed by atoms with Crippen molar-refractivity contribution in [2.24, 2.45) is 17.8 Å². The number of carbonyl (C=O) groups is 1. The quantitative estimate of drug-likeness (QED) is 0.857. The van der Waals surface area contributed by atoms with Gasteiger partial charge in [-0.1, -0.05) is 0 Å². The van der Waals surface area contributed by atoms with Crippen LogP contribution in [-0.4, -0.2) is 18.1 Å². The normalized spacial score (nSPS) is 31.9. The van der Waals surface area contributed by atoms with Crippen LogP contribution in [0.15, 0.2) is 39.5 Å². The van der Waals surface area contributed by atoms with E-state index in [0.717, 1.165) is 42.4 Å². The first-order chi connectivity index (χ1) is 12.6. The smallest absolute Gasteiger partial charge is 0.336 e. The van der Waals surface area contributed by atoms with E-state index in [-0.39, 0.29) is 18.1 Å². The van der Waals surface area contributed by atoms with Crippen LogP contribution >= 0.6 is 0 Å². The van der Waals surface area contributed by atoms with Crippen LogP contribution in [0.5, 0.6) is 5.75 Å². The molecule has 1 aromatic heterocycles. The molecule has 0 aliphatic heterocycles. The first kappa shape index (κ1) is 15.9. The highest BCUT2D eigenvalue weighted by atomic mass is 16.5. The highest BCUT2D eigenvalue weighted by molar-refractivity contribution is 5.80. The van der Waals surface area contributed by atoms with Crippen LogP contribution in [0.3, 0.4) is 0 Å². The van der Waals surface area contributed by atoms with E-state index < -0.39 is 5.63 Å². The zero-order chi connectivity index (χ0) is 17.7. The maximum absolute atomic E-state index is 12.5. The molecule has 4 bridgehead atoms. The van der Waals surface area contributed by atoms with Crippen LogP contribution in [0.1, 0.15) is 38.5 Å². The highest BCUT2D eigenvalue weighted by Crippen LogP contribution is 2.55. The lowest BCUT2D eigenvalue weighted by Gasteiger charge is -2.56. The van der Waals surface area contributed by atoms with E-state index in [4.69, 9.17) is 9.15 Å². The molecule has 5 nitrogen and oxygen atoms in total. The summed E-state index contributed by atoms with van der Waals surface area (Å²) in [5.74, 6) is 2.87. The monoisotopic (exact) mass is 353 g/mol. The van der Waals surface area contributed by atoms with Gasteiger partial charge in [-0.15, -0.1) is 0 Å². The molecule has 0 spiro atoms. The SMILES string of the molecule is O=C(COc1ccc2ccc(=O)oc2c1)NC12CC3CC(CC(C3)C1)C2. The van der Waals surface area contributed by atoms with Gasteiger partial charge in [-0.2, -0.15) is 0 Å². The summed E-state index contributed by atoms with van der Waals surface area (Å²) in [5, 5.41) is 4.13. The molecule has 1 heterocycles. The molecule has 4 aliphatic rings. The van der Waals surface area contributed by atoms with Gasteiger partial charge < -0.3 is 14.5 Å². The van der Waals surface area contributed by atoms with Crippen LogP contribution < -0.4 is 15.7 Å². The van der Waals surface area contributed by atoms with E-state index in [2.05, 4.69) is 5.32 Å². The number of carbonyl (C=O) groups excluding carboxylic acids is 1. The topological polar surface area (TPSA) is 68.5 Å². The van der Waals surface area contributed by atoms with Gasteiger partial charge in [0.1, 0.15) is 11.3 Å². The van der Waals surface area contributed by atoms with Crippen LogP contribution in [-0.2, 0) is 4.79 Å². The van der Waals surface area contributed by atoms with E-state index in [9.17, 15) is 9.59 Å². The Morgan fingerprint density at radius 1 is 1.08 bits per heavy atom. The first-order valence-corrected chi connectivity index (χ1v) is 9.55. The van der Waals surface area contributed by atoms with Gasteiger partial charge in [0, 0.05) is 23.1 Å². The van der Waals surface area contributed by atoms with Crippen molar-refractivity contribution >= 4 is 16.9 Å². The Bertz CT molecular complexity index is 880. The summed E-state index contributed by atoms with van der Waals surface area (Å²) in [4.78, 5) is 23.9.